The van der Waals surface area contributed by atoms with Crippen molar-refractivity contribution < 1.29 is 4.79 Å². The SMILES string of the molecule is CC(C)=CN=C(Cc1ncccn1)C(=O)N1CCCC(Nc2ccc(Cl)cn2)C1. The summed E-state index contributed by atoms with van der Waals surface area (Å²) >= 11 is 5.90. The number of amides is 1. The van der Waals surface area contributed by atoms with Gasteiger partial charge in [-0.3, -0.25) is 9.79 Å². The summed E-state index contributed by atoms with van der Waals surface area (Å²) in [7, 11) is 0. The molecule has 1 saturated heterocycles. The number of aromatic nitrogens is 3. The Kier molecular flexibility index (Phi) is 7.30. The second-order valence-electron chi connectivity index (χ2n) is 7.22. The number of pyridine rings is 1. The van der Waals surface area contributed by atoms with E-state index in [1.807, 2.05) is 24.8 Å². The first-order valence-corrected chi connectivity index (χ1v) is 10.0. The number of nitrogens with one attached hydrogen (secondary N) is 1. The number of carbonyl (C=O) groups excluding carboxylic acids is 1. The van der Waals surface area contributed by atoms with Crippen LogP contribution >= 0.6 is 11.6 Å². The summed E-state index contributed by atoms with van der Waals surface area (Å²) in [6, 6.07) is 5.52. The van der Waals surface area contributed by atoms with E-state index in [0.29, 0.717) is 36.1 Å². The summed E-state index contributed by atoms with van der Waals surface area (Å²) < 4.78 is 0. The fraction of sp³-hybridized carbons (Fsp3) is 0.381. The molecular formula is C21H25ClN6O. The van der Waals surface area contributed by atoms with Crippen LogP contribution in [0, 0.1) is 0 Å². The predicted octanol–water partition coefficient (Wildman–Crippen LogP) is 3.54. The Hall–Kier alpha value is -2.80. The van der Waals surface area contributed by atoms with Crippen LogP contribution in [-0.4, -0.2) is 50.6 Å². The van der Waals surface area contributed by atoms with Crippen LogP contribution in [0.15, 0.2) is 53.6 Å². The number of nitrogens with zero attached hydrogens (tertiary/aromatic N) is 5. The van der Waals surface area contributed by atoms with Crippen molar-refractivity contribution >= 4 is 29.0 Å². The van der Waals surface area contributed by atoms with E-state index in [2.05, 4.69) is 25.3 Å². The van der Waals surface area contributed by atoms with Crippen LogP contribution in [0.3, 0.4) is 0 Å². The first kappa shape index (κ1) is 20.9. The maximum absolute atomic E-state index is 13.2. The summed E-state index contributed by atoms with van der Waals surface area (Å²) in [5.74, 6) is 1.26. The van der Waals surface area contributed by atoms with E-state index in [4.69, 9.17) is 11.6 Å². The van der Waals surface area contributed by atoms with Gasteiger partial charge in [-0.1, -0.05) is 17.2 Å². The number of hydrogen-bond acceptors (Lipinski definition) is 6. The zero-order valence-corrected chi connectivity index (χ0v) is 17.4. The number of anilines is 1. The Morgan fingerprint density at radius 2 is 2.10 bits per heavy atom. The van der Waals surface area contributed by atoms with Gasteiger partial charge < -0.3 is 10.2 Å². The highest BCUT2D eigenvalue weighted by Gasteiger charge is 2.27. The first-order valence-electron chi connectivity index (χ1n) is 9.64. The minimum Gasteiger partial charge on any atom is -0.366 e. The lowest BCUT2D eigenvalue weighted by Crippen LogP contribution is -2.48. The van der Waals surface area contributed by atoms with Gasteiger partial charge in [0.15, 0.2) is 0 Å². The van der Waals surface area contributed by atoms with E-state index in [0.717, 1.165) is 24.2 Å². The Labute approximate surface area is 176 Å². The molecule has 7 nitrogen and oxygen atoms in total. The van der Waals surface area contributed by atoms with Crippen LogP contribution < -0.4 is 5.32 Å². The van der Waals surface area contributed by atoms with Gasteiger partial charge in [0.1, 0.15) is 17.4 Å². The van der Waals surface area contributed by atoms with E-state index in [1.165, 1.54) is 0 Å². The zero-order chi connectivity index (χ0) is 20.6. The number of aliphatic imine (C=N–C) groups is 1. The molecule has 3 heterocycles. The molecule has 0 aliphatic carbocycles. The largest absolute Gasteiger partial charge is 0.366 e. The van der Waals surface area contributed by atoms with E-state index in [-0.39, 0.29) is 11.9 Å². The third-order valence-corrected chi connectivity index (χ3v) is 4.68. The molecule has 1 N–H and O–H groups in total. The van der Waals surface area contributed by atoms with Gasteiger partial charge >= 0.3 is 0 Å². The lowest BCUT2D eigenvalue weighted by atomic mass is 10.0. The molecule has 0 bridgehead atoms. The average Bonchev–Trinajstić information content (AvgIpc) is 2.73. The van der Waals surface area contributed by atoms with Gasteiger partial charge in [0.2, 0.25) is 0 Å². The fourth-order valence-electron chi connectivity index (χ4n) is 3.09. The summed E-state index contributed by atoms with van der Waals surface area (Å²) in [6.45, 7) is 5.19. The van der Waals surface area contributed by atoms with Gasteiger partial charge in [-0.25, -0.2) is 15.0 Å². The number of rotatable bonds is 6. The van der Waals surface area contributed by atoms with Crippen LogP contribution in [-0.2, 0) is 11.2 Å². The van der Waals surface area contributed by atoms with Crippen molar-refractivity contribution in [3.05, 3.63) is 59.4 Å². The number of carbonyl (C=O) groups is 1. The van der Waals surface area contributed by atoms with Crippen LogP contribution in [0.5, 0.6) is 0 Å². The Morgan fingerprint density at radius 3 is 2.79 bits per heavy atom. The lowest BCUT2D eigenvalue weighted by Gasteiger charge is -2.33. The lowest BCUT2D eigenvalue weighted by molar-refractivity contribution is -0.125. The molecule has 0 radical (unpaired) electrons. The van der Waals surface area contributed by atoms with Gasteiger partial charge in [-0.15, -0.1) is 0 Å². The minimum absolute atomic E-state index is 0.0782. The van der Waals surface area contributed by atoms with Gasteiger partial charge in [-0.05, 0) is 44.9 Å². The number of piperidine rings is 1. The molecule has 2 aromatic rings. The summed E-state index contributed by atoms with van der Waals surface area (Å²) in [5, 5.41) is 3.99. The van der Waals surface area contributed by atoms with Gasteiger partial charge in [-0.2, -0.15) is 0 Å². The summed E-state index contributed by atoms with van der Waals surface area (Å²) in [5.41, 5.74) is 1.47. The van der Waals surface area contributed by atoms with Crippen molar-refractivity contribution in [2.75, 3.05) is 18.4 Å². The molecular weight excluding hydrogens is 388 g/mol. The van der Waals surface area contributed by atoms with Gasteiger partial charge in [0.05, 0.1) is 11.4 Å². The molecule has 152 valence electrons. The summed E-state index contributed by atoms with van der Waals surface area (Å²) in [6.07, 6.45) is 8.85. The zero-order valence-electron chi connectivity index (χ0n) is 16.7. The average molecular weight is 413 g/mol. The molecule has 1 aliphatic heterocycles. The van der Waals surface area contributed by atoms with Crippen LogP contribution in [0.1, 0.15) is 32.5 Å². The minimum atomic E-state index is -0.0782. The molecule has 1 amide bonds. The van der Waals surface area contributed by atoms with Crippen molar-refractivity contribution in [1.29, 1.82) is 0 Å². The van der Waals surface area contributed by atoms with Gasteiger partial charge in [0.25, 0.3) is 5.91 Å². The Morgan fingerprint density at radius 1 is 1.31 bits per heavy atom. The number of likely N-dealkylation sites (tertiary alicyclic amines) is 1. The smallest absolute Gasteiger partial charge is 0.268 e. The molecule has 1 aliphatic rings. The van der Waals surface area contributed by atoms with Crippen LogP contribution in [0.4, 0.5) is 5.82 Å². The number of hydrogen-bond donors (Lipinski definition) is 1. The molecule has 29 heavy (non-hydrogen) atoms. The normalized spacial score (nSPS) is 17.0. The highest BCUT2D eigenvalue weighted by atomic mass is 35.5. The van der Waals surface area contributed by atoms with Crippen molar-refractivity contribution in [3.8, 4) is 0 Å². The van der Waals surface area contributed by atoms with Crippen LogP contribution in [0.25, 0.3) is 0 Å². The monoisotopic (exact) mass is 412 g/mol. The molecule has 1 unspecified atom stereocenters. The second kappa shape index (κ2) is 10.1. The number of allylic oxidation sites excluding steroid dienone is 1. The van der Waals surface area contributed by atoms with E-state index >= 15 is 0 Å². The van der Waals surface area contributed by atoms with Crippen molar-refractivity contribution in [3.63, 3.8) is 0 Å². The highest BCUT2D eigenvalue weighted by molar-refractivity contribution is 6.39. The van der Waals surface area contributed by atoms with Crippen molar-refractivity contribution in [1.82, 2.24) is 19.9 Å². The molecule has 8 heteroatoms. The van der Waals surface area contributed by atoms with E-state index in [9.17, 15) is 4.79 Å². The first-order chi connectivity index (χ1) is 14.0. The maximum Gasteiger partial charge on any atom is 0.268 e. The van der Waals surface area contributed by atoms with E-state index < -0.39 is 0 Å². The quantitative estimate of drug-likeness (QED) is 0.733. The van der Waals surface area contributed by atoms with Crippen molar-refractivity contribution in [2.24, 2.45) is 4.99 Å². The Balaban J connectivity index is 1.71. The molecule has 1 fully saturated rings. The molecule has 2 aromatic heterocycles. The summed E-state index contributed by atoms with van der Waals surface area (Å²) in [4.78, 5) is 32.3. The molecule has 0 spiro atoms. The third-order valence-electron chi connectivity index (χ3n) is 4.46. The second-order valence-corrected chi connectivity index (χ2v) is 7.66. The third kappa shape index (κ3) is 6.35. The highest BCUT2D eigenvalue weighted by Crippen LogP contribution is 2.17. The molecule has 0 saturated carbocycles. The predicted molar refractivity (Wildman–Crippen MR) is 115 cm³/mol. The molecule has 0 aromatic carbocycles. The van der Waals surface area contributed by atoms with E-state index in [1.54, 1.807) is 36.9 Å². The van der Waals surface area contributed by atoms with Crippen LogP contribution in [0.2, 0.25) is 5.02 Å². The fourth-order valence-corrected chi connectivity index (χ4v) is 3.20. The van der Waals surface area contributed by atoms with Gasteiger partial charge in [0, 0.05) is 43.9 Å². The number of halogens is 1. The maximum atomic E-state index is 13.2. The molecule has 3 rings (SSSR count). The topological polar surface area (TPSA) is 83.4 Å². The Bertz CT molecular complexity index is 878. The standard InChI is InChI=1S/C21H25ClN6O/c1-15(2)12-25-18(11-20-23-8-4-9-24-20)21(29)28-10-3-5-17(14-28)27-19-7-6-16(22)13-26-19/h4,6-9,12-13,17H,3,5,10-11,14H2,1-2H3,(H,26,27). The van der Waals surface area contributed by atoms with Crippen molar-refractivity contribution in [2.45, 2.75) is 39.2 Å². The molecule has 1 atom stereocenters.